The largest absolute Gasteiger partial charge is 0.357 e. The zero-order chi connectivity index (χ0) is 21.1. The summed E-state index contributed by atoms with van der Waals surface area (Å²) in [6, 6.07) is 10.1. The van der Waals surface area contributed by atoms with Crippen molar-refractivity contribution in [2.75, 3.05) is 32.4 Å². The quantitative estimate of drug-likeness (QED) is 0.195. The van der Waals surface area contributed by atoms with Crippen LogP contribution < -0.4 is 10.6 Å². The summed E-state index contributed by atoms with van der Waals surface area (Å²) in [6.45, 7) is 7.51. The van der Waals surface area contributed by atoms with E-state index in [1.165, 1.54) is 16.1 Å². The summed E-state index contributed by atoms with van der Waals surface area (Å²) in [5.74, 6) is 0.726. The highest BCUT2D eigenvalue weighted by Gasteiger charge is 2.13. The number of benzene rings is 1. The van der Waals surface area contributed by atoms with Crippen molar-refractivity contribution < 1.29 is 8.42 Å². The maximum absolute atomic E-state index is 11.7. The van der Waals surface area contributed by atoms with Gasteiger partial charge in [-0.3, -0.25) is 4.68 Å². The van der Waals surface area contributed by atoms with E-state index >= 15 is 0 Å². The van der Waals surface area contributed by atoms with Crippen LogP contribution in [-0.2, 0) is 23.1 Å². The topological polar surface area (TPSA) is 91.6 Å². The predicted octanol–water partition coefficient (Wildman–Crippen LogP) is 2.28. The minimum absolute atomic E-state index is 0. The van der Waals surface area contributed by atoms with E-state index < -0.39 is 10.0 Å². The van der Waals surface area contributed by atoms with Gasteiger partial charge in [0.15, 0.2) is 5.96 Å². The average Bonchev–Trinajstić information content (AvgIpc) is 3.19. The van der Waals surface area contributed by atoms with Crippen molar-refractivity contribution in [3.8, 4) is 0 Å². The van der Waals surface area contributed by atoms with Crippen molar-refractivity contribution in [3.05, 3.63) is 53.9 Å². The lowest BCUT2D eigenvalue weighted by Crippen LogP contribution is -2.39. The molecule has 0 aliphatic rings. The van der Waals surface area contributed by atoms with Gasteiger partial charge in [0, 0.05) is 38.6 Å². The second kappa shape index (κ2) is 13.6. The Labute approximate surface area is 197 Å². The lowest BCUT2D eigenvalue weighted by atomic mass is 10.1. The number of halogens is 1. The molecule has 30 heavy (non-hydrogen) atoms. The molecule has 0 unspecified atom stereocenters. The first-order valence-corrected chi connectivity index (χ1v) is 11.8. The van der Waals surface area contributed by atoms with Crippen LogP contribution in [-0.4, -0.2) is 60.9 Å². The molecule has 1 heterocycles. The number of rotatable bonds is 11. The highest BCUT2D eigenvalue weighted by Crippen LogP contribution is 2.11. The molecule has 0 fully saturated rings. The predicted molar refractivity (Wildman–Crippen MR) is 133 cm³/mol. The number of aliphatic imine (C=N–C) groups is 1. The molecule has 2 aromatic rings. The van der Waals surface area contributed by atoms with Crippen LogP contribution in [0.15, 0.2) is 47.7 Å². The Balaban J connectivity index is 0.00000450. The van der Waals surface area contributed by atoms with Crippen molar-refractivity contribution >= 4 is 40.0 Å². The summed E-state index contributed by atoms with van der Waals surface area (Å²) in [7, 11) is -3.15. The standard InChI is InChI=1S/C20H32N6O2S.HI/c1-4-21-20(22-12-8-15-26(5-2)29(3,27)28)23-16-18-10-6-7-11-19(18)17-25-14-9-13-24-25;/h6-7,9-11,13-14H,4-5,8,12,15-17H2,1-3H3,(H2,21,22,23);1H. The van der Waals surface area contributed by atoms with Gasteiger partial charge in [0.2, 0.25) is 10.0 Å². The molecule has 8 nitrogen and oxygen atoms in total. The van der Waals surface area contributed by atoms with E-state index in [-0.39, 0.29) is 24.0 Å². The number of hydrogen-bond acceptors (Lipinski definition) is 4. The first-order valence-electron chi connectivity index (χ1n) is 9.95. The molecule has 0 saturated heterocycles. The highest BCUT2D eigenvalue weighted by molar-refractivity contribution is 14.0. The van der Waals surface area contributed by atoms with E-state index in [1.807, 2.05) is 42.9 Å². The Hall–Kier alpha value is -1.66. The molecule has 0 amide bonds. The molecular formula is C20H33IN6O2S. The van der Waals surface area contributed by atoms with Crippen molar-refractivity contribution in [1.82, 2.24) is 24.7 Å². The molecule has 2 rings (SSSR count). The van der Waals surface area contributed by atoms with E-state index in [0.29, 0.717) is 39.1 Å². The van der Waals surface area contributed by atoms with Gasteiger partial charge < -0.3 is 10.6 Å². The highest BCUT2D eigenvalue weighted by atomic mass is 127. The van der Waals surface area contributed by atoms with E-state index in [0.717, 1.165) is 18.1 Å². The van der Waals surface area contributed by atoms with Gasteiger partial charge in [-0.2, -0.15) is 5.10 Å². The van der Waals surface area contributed by atoms with Crippen molar-refractivity contribution in [2.24, 2.45) is 4.99 Å². The lowest BCUT2D eigenvalue weighted by molar-refractivity contribution is 0.424. The van der Waals surface area contributed by atoms with Gasteiger partial charge in [0.1, 0.15) is 0 Å². The average molecular weight is 548 g/mol. The normalized spacial score (nSPS) is 11.9. The molecule has 168 valence electrons. The zero-order valence-corrected chi connectivity index (χ0v) is 21.1. The summed E-state index contributed by atoms with van der Waals surface area (Å²) in [5.41, 5.74) is 2.33. The van der Waals surface area contributed by atoms with Crippen molar-refractivity contribution in [3.63, 3.8) is 0 Å². The number of hydrogen-bond donors (Lipinski definition) is 2. The molecule has 2 N–H and O–H groups in total. The minimum Gasteiger partial charge on any atom is -0.357 e. The summed E-state index contributed by atoms with van der Waals surface area (Å²) < 4.78 is 26.7. The summed E-state index contributed by atoms with van der Waals surface area (Å²) in [4.78, 5) is 4.69. The Bertz CT molecular complexity index is 871. The van der Waals surface area contributed by atoms with E-state index in [4.69, 9.17) is 4.99 Å². The fourth-order valence-corrected chi connectivity index (χ4v) is 3.89. The van der Waals surface area contributed by atoms with Crippen LogP contribution in [0.1, 0.15) is 31.4 Å². The number of aromatic nitrogens is 2. The van der Waals surface area contributed by atoms with Crippen molar-refractivity contribution in [1.29, 1.82) is 0 Å². The number of guanidine groups is 1. The van der Waals surface area contributed by atoms with Crippen molar-refractivity contribution in [2.45, 2.75) is 33.4 Å². The second-order valence-electron chi connectivity index (χ2n) is 6.70. The summed E-state index contributed by atoms with van der Waals surface area (Å²) in [6.07, 6.45) is 5.68. The van der Waals surface area contributed by atoms with E-state index in [9.17, 15) is 8.42 Å². The molecule has 0 aliphatic carbocycles. The molecule has 0 saturated carbocycles. The van der Waals surface area contributed by atoms with Crippen LogP contribution >= 0.6 is 24.0 Å². The minimum atomic E-state index is -3.15. The number of nitrogens with one attached hydrogen (secondary N) is 2. The number of sulfonamides is 1. The molecule has 1 aromatic heterocycles. The Kier molecular flexibility index (Phi) is 12.0. The van der Waals surface area contributed by atoms with Gasteiger partial charge in [-0.15, -0.1) is 24.0 Å². The smallest absolute Gasteiger partial charge is 0.211 e. The Morgan fingerprint density at radius 3 is 2.50 bits per heavy atom. The molecule has 0 atom stereocenters. The van der Waals surface area contributed by atoms with E-state index in [2.05, 4.69) is 27.9 Å². The van der Waals surface area contributed by atoms with Gasteiger partial charge in [0.05, 0.1) is 19.3 Å². The second-order valence-corrected chi connectivity index (χ2v) is 8.68. The Morgan fingerprint density at radius 1 is 1.17 bits per heavy atom. The molecule has 10 heteroatoms. The van der Waals surface area contributed by atoms with Crippen LogP contribution in [0.5, 0.6) is 0 Å². The van der Waals surface area contributed by atoms with Gasteiger partial charge in [-0.1, -0.05) is 31.2 Å². The molecule has 0 radical (unpaired) electrons. The van der Waals surface area contributed by atoms with Gasteiger partial charge >= 0.3 is 0 Å². The molecule has 0 aliphatic heterocycles. The van der Waals surface area contributed by atoms with Crippen LogP contribution in [0.25, 0.3) is 0 Å². The van der Waals surface area contributed by atoms with E-state index in [1.54, 1.807) is 6.20 Å². The fraction of sp³-hybridized carbons (Fsp3) is 0.500. The first-order chi connectivity index (χ1) is 13.9. The van der Waals surface area contributed by atoms with Crippen LogP contribution in [0, 0.1) is 0 Å². The molecule has 0 spiro atoms. The lowest BCUT2D eigenvalue weighted by Gasteiger charge is -2.18. The van der Waals surface area contributed by atoms with Gasteiger partial charge in [-0.25, -0.2) is 17.7 Å². The third-order valence-electron chi connectivity index (χ3n) is 4.46. The summed E-state index contributed by atoms with van der Waals surface area (Å²) >= 11 is 0. The third-order valence-corrected chi connectivity index (χ3v) is 5.84. The maximum Gasteiger partial charge on any atom is 0.211 e. The monoisotopic (exact) mass is 548 g/mol. The first kappa shape index (κ1) is 26.4. The zero-order valence-electron chi connectivity index (χ0n) is 17.9. The maximum atomic E-state index is 11.7. The van der Waals surface area contributed by atoms with Gasteiger partial charge in [0.25, 0.3) is 0 Å². The molecule has 1 aromatic carbocycles. The Morgan fingerprint density at radius 2 is 1.90 bits per heavy atom. The molecular weight excluding hydrogens is 515 g/mol. The fourth-order valence-electron chi connectivity index (χ4n) is 2.96. The summed E-state index contributed by atoms with van der Waals surface area (Å²) in [5, 5.41) is 10.8. The van der Waals surface area contributed by atoms with Crippen LogP contribution in [0.2, 0.25) is 0 Å². The molecule has 0 bridgehead atoms. The third kappa shape index (κ3) is 9.00. The van der Waals surface area contributed by atoms with Crippen LogP contribution in [0.4, 0.5) is 0 Å². The SMILES string of the molecule is CCNC(=NCc1ccccc1Cn1cccn1)NCCCN(CC)S(C)(=O)=O.I. The van der Waals surface area contributed by atoms with Gasteiger partial charge in [-0.05, 0) is 30.5 Å². The number of nitrogens with zero attached hydrogens (tertiary/aromatic N) is 4. The van der Waals surface area contributed by atoms with Crippen LogP contribution in [0.3, 0.4) is 0 Å².